The lowest BCUT2D eigenvalue weighted by Crippen LogP contribution is -2.18. The fraction of sp³-hybridized carbons (Fsp3) is 0.250. The Morgan fingerprint density at radius 1 is 1.00 bits per heavy atom. The molecule has 0 atom stereocenters. The number of nitrogens with zero attached hydrogens (tertiary/aromatic N) is 1. The zero-order chi connectivity index (χ0) is 16.4. The Bertz CT molecular complexity index is 857. The Hall–Kier alpha value is -2.55. The predicted octanol–water partition coefficient (Wildman–Crippen LogP) is 4.34. The van der Waals surface area contributed by atoms with E-state index in [0.29, 0.717) is 5.92 Å². The van der Waals surface area contributed by atoms with Crippen molar-refractivity contribution in [2.75, 3.05) is 0 Å². The molecule has 0 spiro atoms. The van der Waals surface area contributed by atoms with Gasteiger partial charge >= 0.3 is 0 Å². The molecular weight excluding hydrogens is 284 g/mol. The summed E-state index contributed by atoms with van der Waals surface area (Å²) < 4.78 is 1.65. The molecule has 1 heterocycles. The molecule has 0 saturated heterocycles. The van der Waals surface area contributed by atoms with Crippen molar-refractivity contribution in [3.63, 3.8) is 0 Å². The van der Waals surface area contributed by atoms with E-state index in [9.17, 15) is 4.79 Å². The second-order valence-electron chi connectivity index (χ2n) is 6.35. The van der Waals surface area contributed by atoms with E-state index in [-0.39, 0.29) is 5.56 Å². The van der Waals surface area contributed by atoms with Crippen molar-refractivity contribution in [1.29, 1.82) is 0 Å². The highest BCUT2D eigenvalue weighted by molar-refractivity contribution is 5.66. The highest BCUT2D eigenvalue weighted by atomic mass is 16.1. The molecule has 1 N–H and O–H groups in total. The average molecular weight is 306 g/mol. The number of nitrogens with one attached hydrogen (secondary N) is 1. The number of hydrogen-bond acceptors (Lipinski definition) is 1. The zero-order valence-electron chi connectivity index (χ0n) is 13.8. The van der Waals surface area contributed by atoms with Gasteiger partial charge < -0.3 is 0 Å². The van der Waals surface area contributed by atoms with Gasteiger partial charge in [-0.25, -0.2) is 4.68 Å². The van der Waals surface area contributed by atoms with Gasteiger partial charge in [-0.1, -0.05) is 56.3 Å². The van der Waals surface area contributed by atoms with Crippen molar-refractivity contribution in [2.45, 2.75) is 27.2 Å². The summed E-state index contributed by atoms with van der Waals surface area (Å²) in [4.78, 5) is 12.9. The van der Waals surface area contributed by atoms with Gasteiger partial charge in [-0.2, -0.15) is 0 Å². The average Bonchev–Trinajstić information content (AvgIpc) is 2.85. The van der Waals surface area contributed by atoms with Crippen LogP contribution in [0.3, 0.4) is 0 Å². The smallest absolute Gasteiger partial charge is 0.275 e. The van der Waals surface area contributed by atoms with Crippen LogP contribution in [0.25, 0.3) is 16.9 Å². The van der Waals surface area contributed by atoms with Crippen molar-refractivity contribution in [1.82, 2.24) is 9.78 Å². The largest absolute Gasteiger partial charge is 0.290 e. The van der Waals surface area contributed by atoms with E-state index in [0.717, 1.165) is 28.9 Å². The molecule has 0 radical (unpaired) electrons. The van der Waals surface area contributed by atoms with Crippen LogP contribution in [-0.2, 0) is 6.42 Å². The number of rotatable bonds is 4. The number of para-hydroxylation sites is 1. The number of benzene rings is 2. The predicted molar refractivity (Wildman–Crippen MR) is 95.1 cm³/mol. The molecule has 0 aliphatic rings. The van der Waals surface area contributed by atoms with Crippen LogP contribution in [0.4, 0.5) is 0 Å². The normalized spacial score (nSPS) is 11.1. The Kier molecular flexibility index (Phi) is 4.20. The Labute approximate surface area is 136 Å². The summed E-state index contributed by atoms with van der Waals surface area (Å²) in [5.41, 5.74) is 4.96. The number of H-pyrrole nitrogens is 1. The SMILES string of the molecule is Cc1ccccc1-c1[nH]n(-c2ccccc2)c(=O)c1CC(C)C. The molecule has 3 heteroatoms. The third-order valence-electron chi connectivity index (χ3n) is 4.03. The van der Waals surface area contributed by atoms with E-state index in [4.69, 9.17) is 0 Å². The molecule has 118 valence electrons. The third-order valence-corrected chi connectivity index (χ3v) is 4.03. The second kappa shape index (κ2) is 6.29. The number of aromatic nitrogens is 2. The molecule has 3 nitrogen and oxygen atoms in total. The van der Waals surface area contributed by atoms with Gasteiger partial charge in [0, 0.05) is 11.1 Å². The van der Waals surface area contributed by atoms with E-state index in [1.54, 1.807) is 4.68 Å². The minimum absolute atomic E-state index is 0.0446. The number of aryl methyl sites for hydroxylation is 1. The van der Waals surface area contributed by atoms with Crippen LogP contribution in [0.2, 0.25) is 0 Å². The van der Waals surface area contributed by atoms with Crippen LogP contribution in [0.15, 0.2) is 59.4 Å². The van der Waals surface area contributed by atoms with E-state index in [1.807, 2.05) is 42.5 Å². The van der Waals surface area contributed by atoms with Crippen molar-refractivity contribution in [2.24, 2.45) is 5.92 Å². The third kappa shape index (κ3) is 3.00. The molecule has 3 aromatic rings. The monoisotopic (exact) mass is 306 g/mol. The van der Waals surface area contributed by atoms with Gasteiger partial charge in [-0.15, -0.1) is 0 Å². The summed E-state index contributed by atoms with van der Waals surface area (Å²) in [6.07, 6.45) is 0.763. The second-order valence-corrected chi connectivity index (χ2v) is 6.35. The van der Waals surface area contributed by atoms with Crippen LogP contribution >= 0.6 is 0 Å². The maximum Gasteiger partial charge on any atom is 0.275 e. The van der Waals surface area contributed by atoms with Crippen LogP contribution in [0, 0.1) is 12.8 Å². The van der Waals surface area contributed by atoms with E-state index in [2.05, 4.69) is 38.0 Å². The lowest BCUT2D eigenvalue weighted by molar-refractivity contribution is 0.644. The highest BCUT2D eigenvalue weighted by Crippen LogP contribution is 2.25. The molecule has 0 fully saturated rings. The summed E-state index contributed by atoms with van der Waals surface area (Å²) in [6.45, 7) is 6.36. The van der Waals surface area contributed by atoms with Gasteiger partial charge in [0.1, 0.15) is 0 Å². The topological polar surface area (TPSA) is 37.8 Å². The van der Waals surface area contributed by atoms with Gasteiger partial charge in [0.2, 0.25) is 0 Å². The van der Waals surface area contributed by atoms with Gasteiger partial charge in [0.25, 0.3) is 5.56 Å². The summed E-state index contributed by atoms with van der Waals surface area (Å²) in [5, 5.41) is 3.33. The first-order chi connectivity index (χ1) is 11.1. The van der Waals surface area contributed by atoms with Gasteiger partial charge in [-0.3, -0.25) is 9.89 Å². The maximum atomic E-state index is 12.9. The number of aromatic amines is 1. The van der Waals surface area contributed by atoms with Gasteiger partial charge in [-0.05, 0) is 37.0 Å². The molecule has 3 rings (SSSR count). The summed E-state index contributed by atoms with van der Waals surface area (Å²) in [5.74, 6) is 0.422. The maximum absolute atomic E-state index is 12.9. The van der Waals surface area contributed by atoms with Gasteiger partial charge in [0.15, 0.2) is 0 Å². The fourth-order valence-corrected chi connectivity index (χ4v) is 2.90. The lowest BCUT2D eigenvalue weighted by Gasteiger charge is -2.07. The van der Waals surface area contributed by atoms with Crippen molar-refractivity contribution < 1.29 is 0 Å². The molecule has 0 bridgehead atoms. The van der Waals surface area contributed by atoms with Crippen molar-refractivity contribution >= 4 is 0 Å². The lowest BCUT2D eigenvalue weighted by atomic mass is 9.97. The standard InChI is InChI=1S/C20H22N2O/c1-14(2)13-18-19(17-12-8-7-9-15(17)3)21-22(20(18)23)16-10-5-4-6-11-16/h4-12,14,21H,13H2,1-3H3. The Morgan fingerprint density at radius 2 is 1.65 bits per heavy atom. The quantitative estimate of drug-likeness (QED) is 0.765. The molecule has 0 saturated carbocycles. The van der Waals surface area contributed by atoms with E-state index >= 15 is 0 Å². The Morgan fingerprint density at radius 3 is 2.30 bits per heavy atom. The molecule has 0 unspecified atom stereocenters. The first kappa shape index (κ1) is 15.3. The highest BCUT2D eigenvalue weighted by Gasteiger charge is 2.18. The number of hydrogen-bond donors (Lipinski definition) is 1. The first-order valence-electron chi connectivity index (χ1n) is 8.03. The first-order valence-corrected chi connectivity index (χ1v) is 8.03. The van der Waals surface area contributed by atoms with Crippen LogP contribution in [0.5, 0.6) is 0 Å². The zero-order valence-corrected chi connectivity index (χ0v) is 13.8. The van der Waals surface area contributed by atoms with Crippen LogP contribution in [0.1, 0.15) is 25.0 Å². The van der Waals surface area contributed by atoms with E-state index in [1.165, 1.54) is 5.56 Å². The van der Waals surface area contributed by atoms with Crippen molar-refractivity contribution in [3.05, 3.63) is 76.1 Å². The van der Waals surface area contributed by atoms with Crippen molar-refractivity contribution in [3.8, 4) is 16.9 Å². The minimum atomic E-state index is 0.0446. The Balaban J connectivity index is 2.23. The van der Waals surface area contributed by atoms with E-state index < -0.39 is 0 Å². The molecule has 0 amide bonds. The minimum Gasteiger partial charge on any atom is -0.290 e. The molecular formula is C20H22N2O. The molecule has 0 aliphatic carbocycles. The van der Waals surface area contributed by atoms with Crippen LogP contribution < -0.4 is 5.56 Å². The summed E-state index contributed by atoms with van der Waals surface area (Å²) in [7, 11) is 0. The molecule has 23 heavy (non-hydrogen) atoms. The fourth-order valence-electron chi connectivity index (χ4n) is 2.90. The molecule has 2 aromatic carbocycles. The summed E-state index contributed by atoms with van der Waals surface area (Å²) in [6, 6.07) is 17.9. The van der Waals surface area contributed by atoms with Gasteiger partial charge in [0.05, 0.1) is 11.4 Å². The van der Waals surface area contributed by atoms with Crippen LogP contribution in [-0.4, -0.2) is 9.78 Å². The molecule has 1 aromatic heterocycles. The molecule has 0 aliphatic heterocycles. The summed E-state index contributed by atoms with van der Waals surface area (Å²) >= 11 is 0.